The quantitative estimate of drug-likeness (QED) is 0.832. The maximum Gasteiger partial charge on any atom is 0.244 e. The number of hydrogen-bond acceptors (Lipinski definition) is 3. The average Bonchev–Trinajstić information content (AvgIpc) is 3.01. The van der Waals surface area contributed by atoms with Crippen molar-refractivity contribution in [3.05, 3.63) is 29.8 Å². The summed E-state index contributed by atoms with van der Waals surface area (Å²) >= 11 is 0. The van der Waals surface area contributed by atoms with E-state index in [-0.39, 0.29) is 17.9 Å². The summed E-state index contributed by atoms with van der Waals surface area (Å²) in [5.74, 6) is 0.898. The number of rotatable bonds is 5. The molecular weight excluding hydrogens is 280 g/mol. The van der Waals surface area contributed by atoms with Gasteiger partial charge in [-0.05, 0) is 37.0 Å². The Kier molecular flexibility index (Phi) is 5.41. The van der Waals surface area contributed by atoms with E-state index in [1.165, 1.54) is 0 Å². The largest absolute Gasteiger partial charge is 0.497 e. The second-order valence-electron chi connectivity index (χ2n) is 5.83. The van der Waals surface area contributed by atoms with Crippen molar-refractivity contribution in [2.75, 3.05) is 27.7 Å². The number of amides is 2. The normalized spacial score (nSPS) is 17.4. The van der Waals surface area contributed by atoms with Crippen molar-refractivity contribution in [2.45, 2.75) is 31.7 Å². The SMILES string of the molecule is COc1ccc(CCC(=O)N2CCCC2C(=O)N(C)C)cc1. The van der Waals surface area contributed by atoms with Gasteiger partial charge in [0, 0.05) is 27.1 Å². The third-order valence-corrected chi connectivity index (χ3v) is 4.09. The van der Waals surface area contributed by atoms with Crippen LogP contribution in [-0.4, -0.2) is 55.4 Å². The number of likely N-dealkylation sites (N-methyl/N-ethyl adjacent to an activating group) is 1. The van der Waals surface area contributed by atoms with Gasteiger partial charge in [0.15, 0.2) is 0 Å². The highest BCUT2D eigenvalue weighted by atomic mass is 16.5. The van der Waals surface area contributed by atoms with Gasteiger partial charge in [-0.25, -0.2) is 0 Å². The van der Waals surface area contributed by atoms with Crippen molar-refractivity contribution in [2.24, 2.45) is 0 Å². The molecule has 5 nitrogen and oxygen atoms in total. The number of methoxy groups -OCH3 is 1. The summed E-state index contributed by atoms with van der Waals surface area (Å²) < 4.78 is 5.12. The van der Waals surface area contributed by atoms with E-state index in [9.17, 15) is 9.59 Å². The van der Waals surface area contributed by atoms with Gasteiger partial charge in [-0.15, -0.1) is 0 Å². The molecule has 1 aromatic carbocycles. The van der Waals surface area contributed by atoms with E-state index >= 15 is 0 Å². The highest BCUT2D eigenvalue weighted by Crippen LogP contribution is 2.21. The molecule has 22 heavy (non-hydrogen) atoms. The van der Waals surface area contributed by atoms with Crippen LogP contribution in [0.25, 0.3) is 0 Å². The van der Waals surface area contributed by atoms with Crippen LogP contribution in [0.1, 0.15) is 24.8 Å². The van der Waals surface area contributed by atoms with Gasteiger partial charge in [0.05, 0.1) is 7.11 Å². The Morgan fingerprint density at radius 1 is 1.27 bits per heavy atom. The molecule has 1 aliphatic rings. The summed E-state index contributed by atoms with van der Waals surface area (Å²) in [5.41, 5.74) is 1.10. The average molecular weight is 304 g/mol. The topological polar surface area (TPSA) is 49.9 Å². The Hall–Kier alpha value is -2.04. The molecule has 1 unspecified atom stereocenters. The van der Waals surface area contributed by atoms with Crippen molar-refractivity contribution in [1.29, 1.82) is 0 Å². The summed E-state index contributed by atoms with van der Waals surface area (Å²) in [7, 11) is 5.11. The standard InChI is InChI=1S/C17H24N2O3/c1-18(2)17(21)15-5-4-12-19(15)16(20)11-8-13-6-9-14(22-3)10-7-13/h6-7,9-10,15H,4-5,8,11-12H2,1-3H3. The van der Waals surface area contributed by atoms with E-state index in [2.05, 4.69) is 0 Å². The van der Waals surface area contributed by atoms with Gasteiger partial charge in [0.25, 0.3) is 0 Å². The Balaban J connectivity index is 1.92. The lowest BCUT2D eigenvalue weighted by Crippen LogP contribution is -2.45. The first-order chi connectivity index (χ1) is 10.5. The van der Waals surface area contributed by atoms with Crippen molar-refractivity contribution >= 4 is 11.8 Å². The van der Waals surface area contributed by atoms with Gasteiger partial charge < -0.3 is 14.5 Å². The molecule has 1 fully saturated rings. The molecule has 1 aliphatic heterocycles. The molecule has 1 saturated heterocycles. The molecule has 0 spiro atoms. The van der Waals surface area contributed by atoms with Gasteiger partial charge in [0.1, 0.15) is 11.8 Å². The minimum atomic E-state index is -0.279. The lowest BCUT2D eigenvalue weighted by Gasteiger charge is -2.26. The van der Waals surface area contributed by atoms with Crippen LogP contribution < -0.4 is 4.74 Å². The highest BCUT2D eigenvalue weighted by Gasteiger charge is 2.34. The van der Waals surface area contributed by atoms with Gasteiger partial charge in [-0.3, -0.25) is 9.59 Å². The van der Waals surface area contributed by atoms with E-state index in [0.717, 1.165) is 24.2 Å². The first kappa shape index (κ1) is 16.3. The molecule has 1 atom stereocenters. The Morgan fingerprint density at radius 3 is 2.55 bits per heavy atom. The van der Waals surface area contributed by atoms with Crippen LogP contribution in [0, 0.1) is 0 Å². The first-order valence-electron chi connectivity index (χ1n) is 7.66. The predicted octanol–water partition coefficient (Wildman–Crippen LogP) is 1.71. The smallest absolute Gasteiger partial charge is 0.244 e. The molecule has 0 bridgehead atoms. The lowest BCUT2D eigenvalue weighted by atomic mass is 10.1. The number of carbonyl (C=O) groups excluding carboxylic acids is 2. The molecule has 1 aromatic rings. The maximum atomic E-state index is 12.4. The van der Waals surface area contributed by atoms with Gasteiger partial charge in [-0.1, -0.05) is 12.1 Å². The Morgan fingerprint density at radius 2 is 1.95 bits per heavy atom. The maximum absolute atomic E-state index is 12.4. The summed E-state index contributed by atoms with van der Waals surface area (Å²) in [5, 5.41) is 0. The zero-order valence-electron chi connectivity index (χ0n) is 13.5. The zero-order valence-corrected chi connectivity index (χ0v) is 13.5. The molecule has 0 radical (unpaired) electrons. The Bertz CT molecular complexity index is 525. The minimum Gasteiger partial charge on any atom is -0.497 e. The lowest BCUT2D eigenvalue weighted by molar-refractivity contribution is -0.142. The molecule has 1 heterocycles. The molecule has 0 saturated carbocycles. The van der Waals surface area contributed by atoms with Crippen molar-refractivity contribution in [1.82, 2.24) is 9.80 Å². The van der Waals surface area contributed by atoms with Crippen LogP contribution in [-0.2, 0) is 16.0 Å². The Labute approximate surface area is 131 Å². The van der Waals surface area contributed by atoms with Crippen molar-refractivity contribution < 1.29 is 14.3 Å². The van der Waals surface area contributed by atoms with E-state index in [0.29, 0.717) is 19.4 Å². The molecule has 2 amide bonds. The van der Waals surface area contributed by atoms with Crippen molar-refractivity contribution in [3.8, 4) is 5.75 Å². The first-order valence-corrected chi connectivity index (χ1v) is 7.66. The van der Waals surface area contributed by atoms with Crippen LogP contribution in [0.3, 0.4) is 0 Å². The molecule has 0 aromatic heterocycles. The zero-order chi connectivity index (χ0) is 16.1. The van der Waals surface area contributed by atoms with E-state index in [4.69, 9.17) is 4.74 Å². The molecule has 5 heteroatoms. The van der Waals surface area contributed by atoms with Gasteiger partial charge >= 0.3 is 0 Å². The molecule has 0 N–H and O–H groups in total. The molecule has 0 aliphatic carbocycles. The summed E-state index contributed by atoms with van der Waals surface area (Å²) in [6, 6.07) is 7.46. The fourth-order valence-corrected chi connectivity index (χ4v) is 2.81. The molecular formula is C17H24N2O3. The van der Waals surface area contributed by atoms with E-state index in [1.807, 2.05) is 24.3 Å². The monoisotopic (exact) mass is 304 g/mol. The molecule has 2 rings (SSSR count). The van der Waals surface area contributed by atoms with Gasteiger partial charge in [0.2, 0.25) is 11.8 Å². The number of carbonyl (C=O) groups is 2. The number of hydrogen-bond donors (Lipinski definition) is 0. The predicted molar refractivity (Wildman–Crippen MR) is 84.7 cm³/mol. The highest BCUT2D eigenvalue weighted by molar-refractivity contribution is 5.88. The van der Waals surface area contributed by atoms with Crippen LogP contribution >= 0.6 is 0 Å². The number of aryl methyl sites for hydroxylation is 1. The van der Waals surface area contributed by atoms with Crippen LogP contribution in [0.4, 0.5) is 0 Å². The second-order valence-corrected chi connectivity index (χ2v) is 5.83. The third kappa shape index (κ3) is 3.78. The third-order valence-electron chi connectivity index (χ3n) is 4.09. The number of likely N-dealkylation sites (tertiary alicyclic amines) is 1. The van der Waals surface area contributed by atoms with E-state index in [1.54, 1.807) is 31.0 Å². The van der Waals surface area contributed by atoms with Gasteiger partial charge in [-0.2, -0.15) is 0 Å². The summed E-state index contributed by atoms with van der Waals surface area (Å²) in [6.45, 7) is 0.686. The number of ether oxygens (including phenoxy) is 1. The molecule has 120 valence electrons. The van der Waals surface area contributed by atoms with Crippen LogP contribution in [0.5, 0.6) is 5.75 Å². The second kappa shape index (κ2) is 7.29. The van der Waals surface area contributed by atoms with Crippen molar-refractivity contribution in [3.63, 3.8) is 0 Å². The van der Waals surface area contributed by atoms with Crippen LogP contribution in [0.15, 0.2) is 24.3 Å². The number of benzene rings is 1. The minimum absolute atomic E-state index is 0.0234. The summed E-state index contributed by atoms with van der Waals surface area (Å²) in [4.78, 5) is 27.8. The fraction of sp³-hybridized carbons (Fsp3) is 0.529. The summed E-state index contributed by atoms with van der Waals surface area (Å²) in [6.07, 6.45) is 2.79. The van der Waals surface area contributed by atoms with E-state index < -0.39 is 0 Å². The fourth-order valence-electron chi connectivity index (χ4n) is 2.81. The van der Waals surface area contributed by atoms with Crippen LogP contribution in [0.2, 0.25) is 0 Å². The number of nitrogens with zero attached hydrogens (tertiary/aromatic N) is 2.